The average Bonchev–Trinajstić information content (AvgIpc) is 2.80. The van der Waals surface area contributed by atoms with Crippen LogP contribution in [-0.4, -0.2) is 26.4 Å². The SMILES string of the molecule is COc1ccc(OCC2CCCO2)cc1. The fourth-order valence-corrected chi connectivity index (χ4v) is 1.64. The Morgan fingerprint density at radius 2 is 2.00 bits per heavy atom. The molecule has 82 valence electrons. The topological polar surface area (TPSA) is 27.7 Å². The predicted octanol–water partition coefficient (Wildman–Crippen LogP) is 2.25. The van der Waals surface area contributed by atoms with Gasteiger partial charge < -0.3 is 14.2 Å². The minimum Gasteiger partial charge on any atom is -0.497 e. The number of methoxy groups -OCH3 is 1. The van der Waals surface area contributed by atoms with Crippen LogP contribution in [0.4, 0.5) is 0 Å². The largest absolute Gasteiger partial charge is 0.497 e. The number of rotatable bonds is 4. The first-order valence-electron chi connectivity index (χ1n) is 5.27. The molecule has 3 nitrogen and oxygen atoms in total. The summed E-state index contributed by atoms with van der Waals surface area (Å²) in [4.78, 5) is 0. The summed E-state index contributed by atoms with van der Waals surface area (Å²) in [6, 6.07) is 7.61. The molecule has 0 amide bonds. The number of benzene rings is 1. The molecule has 1 aromatic carbocycles. The van der Waals surface area contributed by atoms with E-state index in [1.807, 2.05) is 24.3 Å². The van der Waals surface area contributed by atoms with Crippen molar-refractivity contribution in [2.45, 2.75) is 18.9 Å². The van der Waals surface area contributed by atoms with Crippen molar-refractivity contribution < 1.29 is 14.2 Å². The molecular formula is C12H16O3. The Bertz CT molecular complexity index is 288. The summed E-state index contributed by atoms with van der Waals surface area (Å²) < 4.78 is 16.1. The van der Waals surface area contributed by atoms with Crippen LogP contribution in [0, 0.1) is 0 Å². The van der Waals surface area contributed by atoms with Gasteiger partial charge in [-0.2, -0.15) is 0 Å². The van der Waals surface area contributed by atoms with Crippen LogP contribution in [0.1, 0.15) is 12.8 Å². The van der Waals surface area contributed by atoms with E-state index >= 15 is 0 Å². The lowest BCUT2D eigenvalue weighted by Crippen LogP contribution is -2.16. The Hall–Kier alpha value is -1.22. The van der Waals surface area contributed by atoms with E-state index in [1.54, 1.807) is 7.11 Å². The molecule has 0 bridgehead atoms. The second-order valence-corrected chi connectivity index (χ2v) is 3.62. The van der Waals surface area contributed by atoms with E-state index in [0.29, 0.717) is 6.61 Å². The maximum atomic E-state index is 5.61. The summed E-state index contributed by atoms with van der Waals surface area (Å²) in [7, 11) is 1.65. The van der Waals surface area contributed by atoms with E-state index < -0.39 is 0 Å². The first-order chi connectivity index (χ1) is 7.38. The van der Waals surface area contributed by atoms with Gasteiger partial charge in [-0.25, -0.2) is 0 Å². The molecule has 1 saturated heterocycles. The van der Waals surface area contributed by atoms with Crippen molar-refractivity contribution in [1.82, 2.24) is 0 Å². The van der Waals surface area contributed by atoms with Crippen molar-refractivity contribution in [3.63, 3.8) is 0 Å². The molecular weight excluding hydrogens is 192 g/mol. The fourth-order valence-electron chi connectivity index (χ4n) is 1.64. The molecule has 1 fully saturated rings. The van der Waals surface area contributed by atoms with Crippen LogP contribution in [0.3, 0.4) is 0 Å². The molecule has 0 spiro atoms. The summed E-state index contributed by atoms with van der Waals surface area (Å²) >= 11 is 0. The van der Waals surface area contributed by atoms with Crippen molar-refractivity contribution in [1.29, 1.82) is 0 Å². The van der Waals surface area contributed by atoms with Crippen LogP contribution in [0.25, 0.3) is 0 Å². The highest BCUT2D eigenvalue weighted by Crippen LogP contribution is 2.19. The third kappa shape index (κ3) is 2.86. The van der Waals surface area contributed by atoms with Crippen LogP contribution in [0.15, 0.2) is 24.3 Å². The van der Waals surface area contributed by atoms with Crippen LogP contribution in [-0.2, 0) is 4.74 Å². The van der Waals surface area contributed by atoms with Crippen LogP contribution in [0.5, 0.6) is 11.5 Å². The van der Waals surface area contributed by atoms with Crippen molar-refractivity contribution >= 4 is 0 Å². The molecule has 1 atom stereocenters. The molecule has 1 aromatic rings. The molecule has 1 aliphatic heterocycles. The third-order valence-corrected chi connectivity index (χ3v) is 2.52. The molecule has 0 aromatic heterocycles. The van der Waals surface area contributed by atoms with Gasteiger partial charge in [0, 0.05) is 6.61 Å². The molecule has 15 heavy (non-hydrogen) atoms. The second-order valence-electron chi connectivity index (χ2n) is 3.62. The molecule has 0 N–H and O–H groups in total. The zero-order valence-electron chi connectivity index (χ0n) is 8.94. The molecule has 0 aliphatic carbocycles. The van der Waals surface area contributed by atoms with E-state index in [-0.39, 0.29) is 6.10 Å². The Kier molecular flexibility index (Phi) is 3.45. The smallest absolute Gasteiger partial charge is 0.119 e. The van der Waals surface area contributed by atoms with Gasteiger partial charge in [-0.1, -0.05) is 0 Å². The minimum absolute atomic E-state index is 0.270. The highest BCUT2D eigenvalue weighted by atomic mass is 16.5. The van der Waals surface area contributed by atoms with Gasteiger partial charge >= 0.3 is 0 Å². The Morgan fingerprint density at radius 3 is 2.60 bits per heavy atom. The number of hydrogen-bond donors (Lipinski definition) is 0. The number of ether oxygens (including phenoxy) is 3. The average molecular weight is 208 g/mol. The van der Waals surface area contributed by atoms with Crippen LogP contribution in [0.2, 0.25) is 0 Å². The first-order valence-corrected chi connectivity index (χ1v) is 5.27. The van der Waals surface area contributed by atoms with Crippen molar-refractivity contribution in [3.05, 3.63) is 24.3 Å². The second kappa shape index (κ2) is 5.03. The van der Waals surface area contributed by atoms with E-state index in [4.69, 9.17) is 14.2 Å². The normalized spacial score (nSPS) is 20.2. The zero-order valence-corrected chi connectivity index (χ0v) is 8.94. The fraction of sp³-hybridized carbons (Fsp3) is 0.500. The van der Waals surface area contributed by atoms with Gasteiger partial charge in [-0.05, 0) is 37.1 Å². The lowest BCUT2D eigenvalue weighted by molar-refractivity contribution is 0.0679. The summed E-state index contributed by atoms with van der Waals surface area (Å²) in [6.45, 7) is 1.52. The quantitative estimate of drug-likeness (QED) is 0.759. The Balaban J connectivity index is 1.82. The molecule has 1 heterocycles. The van der Waals surface area contributed by atoms with Gasteiger partial charge in [0.25, 0.3) is 0 Å². The van der Waals surface area contributed by atoms with Gasteiger partial charge in [-0.3, -0.25) is 0 Å². The molecule has 0 saturated carbocycles. The van der Waals surface area contributed by atoms with Crippen LogP contribution < -0.4 is 9.47 Å². The first kappa shape index (κ1) is 10.3. The standard InChI is InChI=1S/C12H16O3/c1-13-10-4-6-11(7-5-10)15-9-12-3-2-8-14-12/h4-7,12H,2-3,8-9H2,1H3. The van der Waals surface area contributed by atoms with Crippen molar-refractivity contribution in [2.75, 3.05) is 20.3 Å². The minimum atomic E-state index is 0.270. The van der Waals surface area contributed by atoms with Crippen LogP contribution >= 0.6 is 0 Å². The summed E-state index contributed by atoms with van der Waals surface area (Å²) in [5.41, 5.74) is 0. The summed E-state index contributed by atoms with van der Waals surface area (Å²) in [5.74, 6) is 1.71. The van der Waals surface area contributed by atoms with Gasteiger partial charge in [0.15, 0.2) is 0 Å². The molecule has 3 heteroatoms. The summed E-state index contributed by atoms with van der Waals surface area (Å²) in [5, 5.41) is 0. The Labute approximate surface area is 90.0 Å². The van der Waals surface area contributed by atoms with Gasteiger partial charge in [0.1, 0.15) is 18.1 Å². The van der Waals surface area contributed by atoms with E-state index in [9.17, 15) is 0 Å². The summed E-state index contributed by atoms with van der Waals surface area (Å²) in [6.07, 6.45) is 2.53. The lowest BCUT2D eigenvalue weighted by Gasteiger charge is -2.11. The van der Waals surface area contributed by atoms with Gasteiger partial charge in [0.2, 0.25) is 0 Å². The monoisotopic (exact) mass is 208 g/mol. The highest BCUT2D eigenvalue weighted by Gasteiger charge is 2.15. The zero-order chi connectivity index (χ0) is 10.5. The van der Waals surface area contributed by atoms with Gasteiger partial charge in [0.05, 0.1) is 13.2 Å². The maximum Gasteiger partial charge on any atom is 0.119 e. The molecule has 1 unspecified atom stereocenters. The lowest BCUT2D eigenvalue weighted by atomic mass is 10.2. The molecule has 2 rings (SSSR count). The predicted molar refractivity (Wildman–Crippen MR) is 57.5 cm³/mol. The van der Waals surface area contributed by atoms with E-state index in [2.05, 4.69) is 0 Å². The van der Waals surface area contributed by atoms with E-state index in [1.165, 1.54) is 0 Å². The molecule has 1 aliphatic rings. The number of hydrogen-bond acceptors (Lipinski definition) is 3. The van der Waals surface area contributed by atoms with Crippen molar-refractivity contribution in [2.24, 2.45) is 0 Å². The molecule has 0 radical (unpaired) electrons. The highest BCUT2D eigenvalue weighted by molar-refractivity contribution is 5.31. The van der Waals surface area contributed by atoms with E-state index in [0.717, 1.165) is 30.9 Å². The third-order valence-electron chi connectivity index (χ3n) is 2.52. The van der Waals surface area contributed by atoms with Crippen molar-refractivity contribution in [3.8, 4) is 11.5 Å². The maximum absolute atomic E-state index is 5.61. The Morgan fingerprint density at radius 1 is 1.27 bits per heavy atom. The van der Waals surface area contributed by atoms with Gasteiger partial charge in [-0.15, -0.1) is 0 Å².